The van der Waals surface area contributed by atoms with Crippen LogP contribution in [0.4, 0.5) is 0 Å². The molecule has 2 N–H and O–H groups in total. The van der Waals surface area contributed by atoms with Crippen LogP contribution in [0.15, 0.2) is 66.7 Å². The first-order valence-electron chi connectivity index (χ1n) is 8.29. The summed E-state index contributed by atoms with van der Waals surface area (Å²) in [5, 5.41) is 18.8. The standard InChI is InChI=1S/C21H18O7/c1-25-20-12-18(10-11-19(20)23)27-13-26-16-6-8-17(9-7-16)28-21(24)14-2-4-15(22)5-3-14/h2-12,22-23H,13H2,1H3. The van der Waals surface area contributed by atoms with Crippen molar-refractivity contribution in [3.63, 3.8) is 0 Å². The molecule has 0 heterocycles. The maximum absolute atomic E-state index is 12.0. The van der Waals surface area contributed by atoms with Gasteiger partial charge in [-0.05, 0) is 60.7 Å². The number of methoxy groups -OCH3 is 1. The van der Waals surface area contributed by atoms with Gasteiger partial charge in [0.05, 0.1) is 12.7 Å². The Morgan fingerprint density at radius 2 is 1.43 bits per heavy atom. The number of rotatable bonds is 7. The van der Waals surface area contributed by atoms with E-state index >= 15 is 0 Å². The molecule has 28 heavy (non-hydrogen) atoms. The minimum atomic E-state index is -0.529. The van der Waals surface area contributed by atoms with E-state index in [1.165, 1.54) is 37.4 Å². The molecule has 0 aliphatic rings. The number of ether oxygens (including phenoxy) is 4. The fraction of sp³-hybridized carbons (Fsp3) is 0.0952. The summed E-state index contributed by atoms with van der Waals surface area (Å²) >= 11 is 0. The third-order valence-corrected chi connectivity index (χ3v) is 3.74. The smallest absolute Gasteiger partial charge is 0.343 e. The van der Waals surface area contributed by atoms with Crippen molar-refractivity contribution >= 4 is 5.97 Å². The number of carbonyl (C=O) groups is 1. The van der Waals surface area contributed by atoms with Crippen LogP contribution in [0.3, 0.4) is 0 Å². The van der Waals surface area contributed by atoms with Gasteiger partial charge in [-0.3, -0.25) is 0 Å². The molecule has 0 atom stereocenters. The average molecular weight is 382 g/mol. The third-order valence-electron chi connectivity index (χ3n) is 3.74. The van der Waals surface area contributed by atoms with E-state index in [0.29, 0.717) is 28.6 Å². The molecule has 0 saturated heterocycles. The lowest BCUT2D eigenvalue weighted by Crippen LogP contribution is -2.08. The number of carbonyl (C=O) groups excluding carboxylic acids is 1. The van der Waals surface area contributed by atoms with Gasteiger partial charge in [-0.25, -0.2) is 4.79 Å². The molecule has 0 fully saturated rings. The molecule has 7 heteroatoms. The van der Waals surface area contributed by atoms with Crippen molar-refractivity contribution < 1.29 is 34.0 Å². The van der Waals surface area contributed by atoms with E-state index in [0.717, 1.165) is 0 Å². The van der Waals surface area contributed by atoms with E-state index in [2.05, 4.69) is 0 Å². The van der Waals surface area contributed by atoms with Gasteiger partial charge < -0.3 is 29.2 Å². The minimum absolute atomic E-state index is 0.0215. The highest BCUT2D eigenvalue weighted by atomic mass is 16.7. The van der Waals surface area contributed by atoms with Gasteiger partial charge in [0.25, 0.3) is 0 Å². The number of benzene rings is 3. The zero-order valence-electron chi connectivity index (χ0n) is 15.0. The van der Waals surface area contributed by atoms with E-state index in [9.17, 15) is 15.0 Å². The molecule has 0 aliphatic carbocycles. The highest BCUT2D eigenvalue weighted by Crippen LogP contribution is 2.30. The van der Waals surface area contributed by atoms with Crippen LogP contribution in [-0.4, -0.2) is 30.1 Å². The van der Waals surface area contributed by atoms with Gasteiger partial charge in [-0.15, -0.1) is 0 Å². The second-order valence-corrected chi connectivity index (χ2v) is 5.65. The van der Waals surface area contributed by atoms with E-state index in [-0.39, 0.29) is 18.3 Å². The summed E-state index contributed by atoms with van der Waals surface area (Å²) in [5.74, 6) is 1.23. The van der Waals surface area contributed by atoms with E-state index in [1.807, 2.05) is 0 Å². The van der Waals surface area contributed by atoms with E-state index in [1.54, 1.807) is 36.4 Å². The van der Waals surface area contributed by atoms with Crippen LogP contribution in [0.5, 0.6) is 34.5 Å². The number of hydrogen-bond acceptors (Lipinski definition) is 7. The quantitative estimate of drug-likeness (QED) is 0.365. The van der Waals surface area contributed by atoms with Crippen molar-refractivity contribution in [3.05, 3.63) is 72.3 Å². The molecule has 3 aromatic carbocycles. The molecule has 0 unspecified atom stereocenters. The molecule has 7 nitrogen and oxygen atoms in total. The van der Waals surface area contributed by atoms with E-state index < -0.39 is 5.97 Å². The summed E-state index contributed by atoms with van der Waals surface area (Å²) < 4.78 is 21.2. The molecule has 0 radical (unpaired) electrons. The molecule has 0 aliphatic heterocycles. The summed E-state index contributed by atoms with van der Waals surface area (Å²) in [6, 6.07) is 16.8. The van der Waals surface area contributed by atoms with Crippen molar-refractivity contribution in [3.8, 4) is 34.5 Å². The fourth-order valence-electron chi connectivity index (χ4n) is 2.28. The highest BCUT2D eigenvalue weighted by Gasteiger charge is 2.09. The molecule has 3 rings (SSSR count). The largest absolute Gasteiger partial charge is 0.508 e. The Kier molecular flexibility index (Phi) is 5.86. The van der Waals surface area contributed by atoms with Crippen LogP contribution >= 0.6 is 0 Å². The highest BCUT2D eigenvalue weighted by molar-refractivity contribution is 5.91. The van der Waals surface area contributed by atoms with Crippen molar-refractivity contribution in [1.29, 1.82) is 0 Å². The molecule has 0 saturated carbocycles. The third kappa shape index (κ3) is 4.85. The number of aromatic hydroxyl groups is 2. The lowest BCUT2D eigenvalue weighted by atomic mass is 10.2. The maximum atomic E-state index is 12.0. The Labute approximate surface area is 161 Å². The van der Waals surface area contributed by atoms with Crippen molar-refractivity contribution in [2.45, 2.75) is 0 Å². The first kappa shape index (κ1) is 18.9. The molecule has 0 amide bonds. The molecular weight excluding hydrogens is 364 g/mol. The fourth-order valence-corrected chi connectivity index (χ4v) is 2.28. The zero-order chi connectivity index (χ0) is 19.9. The molecule has 0 spiro atoms. The van der Waals surface area contributed by atoms with Gasteiger partial charge in [0.1, 0.15) is 23.0 Å². The molecular formula is C21H18O7. The Morgan fingerprint density at radius 3 is 2.11 bits per heavy atom. The van der Waals surface area contributed by atoms with Crippen molar-refractivity contribution in [2.75, 3.05) is 13.9 Å². The van der Waals surface area contributed by atoms with Crippen LogP contribution in [0, 0.1) is 0 Å². The monoisotopic (exact) mass is 382 g/mol. The number of hydrogen-bond donors (Lipinski definition) is 2. The molecule has 0 aromatic heterocycles. The normalized spacial score (nSPS) is 10.2. The SMILES string of the molecule is COc1cc(OCOc2ccc(OC(=O)c3ccc(O)cc3)cc2)ccc1O. The number of phenolic OH excluding ortho intramolecular Hbond substituents is 2. The van der Waals surface area contributed by atoms with Gasteiger partial charge in [-0.2, -0.15) is 0 Å². The summed E-state index contributed by atoms with van der Waals surface area (Å²) in [5.41, 5.74) is 0.329. The summed E-state index contributed by atoms with van der Waals surface area (Å²) in [7, 11) is 1.45. The summed E-state index contributed by atoms with van der Waals surface area (Å²) in [6.07, 6.45) is 0. The van der Waals surface area contributed by atoms with Crippen LogP contribution in [0.2, 0.25) is 0 Å². The van der Waals surface area contributed by atoms with Crippen LogP contribution in [0.25, 0.3) is 0 Å². The minimum Gasteiger partial charge on any atom is -0.508 e. The molecule has 3 aromatic rings. The van der Waals surface area contributed by atoms with Gasteiger partial charge in [0, 0.05) is 6.07 Å². The maximum Gasteiger partial charge on any atom is 0.343 e. The van der Waals surface area contributed by atoms with Crippen LogP contribution in [-0.2, 0) is 0 Å². The second-order valence-electron chi connectivity index (χ2n) is 5.65. The average Bonchev–Trinajstić information content (AvgIpc) is 2.71. The predicted molar refractivity (Wildman–Crippen MR) is 100 cm³/mol. The Bertz CT molecular complexity index is 934. The van der Waals surface area contributed by atoms with Gasteiger partial charge in [-0.1, -0.05) is 0 Å². The topological polar surface area (TPSA) is 94.5 Å². The summed E-state index contributed by atoms with van der Waals surface area (Å²) in [4.78, 5) is 12.0. The van der Waals surface area contributed by atoms with Crippen molar-refractivity contribution in [2.24, 2.45) is 0 Å². The van der Waals surface area contributed by atoms with E-state index in [4.69, 9.17) is 18.9 Å². The zero-order valence-corrected chi connectivity index (χ0v) is 15.0. The summed E-state index contributed by atoms with van der Waals surface area (Å²) in [6.45, 7) is -0.0550. The number of phenols is 2. The van der Waals surface area contributed by atoms with Crippen LogP contribution < -0.4 is 18.9 Å². The Morgan fingerprint density at radius 1 is 0.821 bits per heavy atom. The first-order chi connectivity index (χ1) is 13.5. The van der Waals surface area contributed by atoms with Gasteiger partial charge in [0.15, 0.2) is 11.5 Å². The van der Waals surface area contributed by atoms with Gasteiger partial charge in [0.2, 0.25) is 6.79 Å². The first-order valence-corrected chi connectivity index (χ1v) is 8.29. The van der Waals surface area contributed by atoms with Gasteiger partial charge >= 0.3 is 5.97 Å². The lowest BCUT2D eigenvalue weighted by molar-refractivity contribution is 0.0734. The molecule has 0 bridgehead atoms. The van der Waals surface area contributed by atoms with Crippen molar-refractivity contribution in [1.82, 2.24) is 0 Å². The lowest BCUT2D eigenvalue weighted by Gasteiger charge is -2.11. The molecule has 144 valence electrons. The second kappa shape index (κ2) is 8.68. The number of esters is 1. The van der Waals surface area contributed by atoms with Crippen LogP contribution in [0.1, 0.15) is 10.4 Å². The Hall–Kier alpha value is -3.87. The Balaban J connectivity index is 1.51. The predicted octanol–water partition coefficient (Wildman–Crippen LogP) is 3.74.